The fourth-order valence-corrected chi connectivity index (χ4v) is 6.22. The number of fused-ring (bicyclic) bond motifs is 1. The minimum absolute atomic E-state index is 0.199. The van der Waals surface area contributed by atoms with Crippen molar-refractivity contribution >= 4 is 23.5 Å². The maximum Gasteiger partial charge on any atom is 0.245 e. The Balaban J connectivity index is 1.27. The Morgan fingerprint density at radius 1 is 1.00 bits per heavy atom. The lowest BCUT2D eigenvalue weighted by atomic mass is 10.0. The van der Waals surface area contributed by atoms with Crippen LogP contribution in [0.2, 0.25) is 0 Å². The number of piperidine rings is 1. The van der Waals surface area contributed by atoms with Crippen LogP contribution in [0.3, 0.4) is 0 Å². The summed E-state index contributed by atoms with van der Waals surface area (Å²) in [6.07, 6.45) is 10.8. The van der Waals surface area contributed by atoms with Crippen molar-refractivity contribution in [1.29, 1.82) is 0 Å². The third-order valence-electron chi connectivity index (χ3n) is 8.05. The van der Waals surface area contributed by atoms with Crippen LogP contribution in [0.1, 0.15) is 80.7 Å². The Morgan fingerprint density at radius 2 is 1.82 bits per heavy atom. The van der Waals surface area contributed by atoms with E-state index in [9.17, 15) is 9.90 Å². The fraction of sp³-hybridized carbons (Fsp3) is 0.680. The van der Waals surface area contributed by atoms with E-state index >= 15 is 0 Å². The Morgan fingerprint density at radius 3 is 2.65 bits per heavy atom. The largest absolute Gasteiger partial charge is 0.392 e. The first-order valence-corrected chi connectivity index (χ1v) is 13.1. The molecule has 182 valence electrons. The molecule has 2 aliphatic carbocycles. The predicted molar refractivity (Wildman–Crippen MR) is 129 cm³/mol. The van der Waals surface area contributed by atoms with Crippen molar-refractivity contribution in [2.24, 2.45) is 0 Å². The molecule has 9 nitrogen and oxygen atoms in total. The van der Waals surface area contributed by atoms with Gasteiger partial charge in [-0.1, -0.05) is 12.8 Å². The zero-order valence-electron chi connectivity index (χ0n) is 19.8. The number of H-pyrrole nitrogens is 1. The number of rotatable bonds is 5. The number of likely N-dealkylation sites (tertiary alicyclic amines) is 1. The van der Waals surface area contributed by atoms with Crippen LogP contribution >= 0.6 is 0 Å². The standard InChI is InChI=1S/C25H35N7O2/c33-17-13-18-20(14-17)26-25(32-12-6-9-21(32)24(34)31-10-4-1-5-11-31)28-23(18)27-22-15-19(29-30-22)16-7-2-3-8-16/h15-17,21,33H,1-14H2,(H2,26,27,28,29,30)/t17-,21?/m1/s1. The van der Waals surface area contributed by atoms with E-state index in [4.69, 9.17) is 9.97 Å². The molecular weight excluding hydrogens is 430 g/mol. The molecule has 2 aromatic heterocycles. The summed E-state index contributed by atoms with van der Waals surface area (Å²) >= 11 is 0. The van der Waals surface area contributed by atoms with E-state index in [-0.39, 0.29) is 11.9 Å². The zero-order valence-corrected chi connectivity index (χ0v) is 19.8. The summed E-state index contributed by atoms with van der Waals surface area (Å²) in [5.74, 6) is 2.82. The molecule has 2 aliphatic heterocycles. The van der Waals surface area contributed by atoms with Crippen LogP contribution < -0.4 is 10.2 Å². The maximum atomic E-state index is 13.3. The van der Waals surface area contributed by atoms with Gasteiger partial charge in [0.1, 0.15) is 11.9 Å². The van der Waals surface area contributed by atoms with Crippen LogP contribution in [-0.2, 0) is 17.6 Å². The number of nitrogens with zero attached hydrogens (tertiary/aromatic N) is 5. The molecule has 0 radical (unpaired) electrons. The highest BCUT2D eigenvalue weighted by atomic mass is 16.3. The normalized spacial score (nSPS) is 25.2. The number of aromatic nitrogens is 4. The monoisotopic (exact) mass is 465 g/mol. The molecular formula is C25H35N7O2. The van der Waals surface area contributed by atoms with Crippen molar-refractivity contribution in [3.05, 3.63) is 23.0 Å². The quantitative estimate of drug-likeness (QED) is 0.622. The topological polar surface area (TPSA) is 110 Å². The van der Waals surface area contributed by atoms with E-state index in [0.717, 1.165) is 62.4 Å². The van der Waals surface area contributed by atoms with Gasteiger partial charge in [-0.15, -0.1) is 0 Å². The lowest BCUT2D eigenvalue weighted by Gasteiger charge is -2.32. The smallest absolute Gasteiger partial charge is 0.245 e. The lowest BCUT2D eigenvalue weighted by Crippen LogP contribution is -2.48. The molecule has 1 amide bonds. The second-order valence-corrected chi connectivity index (χ2v) is 10.4. The molecule has 0 bridgehead atoms. The van der Waals surface area contributed by atoms with E-state index in [1.165, 1.54) is 37.8 Å². The van der Waals surface area contributed by atoms with Gasteiger partial charge in [-0.05, 0) is 44.9 Å². The molecule has 3 N–H and O–H groups in total. The highest BCUT2D eigenvalue weighted by molar-refractivity contribution is 5.85. The second-order valence-electron chi connectivity index (χ2n) is 10.4. The summed E-state index contributed by atoms with van der Waals surface area (Å²) in [5, 5.41) is 21.5. The number of amides is 1. The summed E-state index contributed by atoms with van der Waals surface area (Å²) in [4.78, 5) is 27.2. The van der Waals surface area contributed by atoms with Gasteiger partial charge in [0.05, 0.1) is 11.8 Å². The SMILES string of the molecule is O=C(C1CCCN1c1nc2c(c(Nc3cc(C4CCCC4)[nH]n3)n1)C[C@@H](O)C2)N1CCCCC1. The van der Waals surface area contributed by atoms with Crippen LogP contribution in [0.25, 0.3) is 0 Å². The van der Waals surface area contributed by atoms with Crippen LogP contribution in [-0.4, -0.2) is 67.9 Å². The highest BCUT2D eigenvalue weighted by Crippen LogP contribution is 2.36. The molecule has 2 saturated heterocycles. The number of aromatic amines is 1. The van der Waals surface area contributed by atoms with Gasteiger partial charge in [-0.25, -0.2) is 4.98 Å². The Labute approximate surface area is 200 Å². The van der Waals surface area contributed by atoms with Crippen LogP contribution in [0.15, 0.2) is 6.07 Å². The molecule has 0 spiro atoms. The molecule has 6 rings (SSSR count). The van der Waals surface area contributed by atoms with Gasteiger partial charge in [0.2, 0.25) is 11.9 Å². The lowest BCUT2D eigenvalue weighted by molar-refractivity contribution is -0.133. The van der Waals surface area contributed by atoms with Gasteiger partial charge in [-0.2, -0.15) is 10.1 Å². The van der Waals surface area contributed by atoms with E-state index in [1.54, 1.807) is 0 Å². The number of hydrogen-bond donors (Lipinski definition) is 3. The van der Waals surface area contributed by atoms with Crippen molar-refractivity contribution in [3.63, 3.8) is 0 Å². The molecule has 1 unspecified atom stereocenters. The molecule has 9 heteroatoms. The third-order valence-corrected chi connectivity index (χ3v) is 8.05. The molecule has 4 heterocycles. The zero-order chi connectivity index (χ0) is 23.1. The van der Waals surface area contributed by atoms with E-state index in [2.05, 4.69) is 26.5 Å². The van der Waals surface area contributed by atoms with Crippen molar-refractivity contribution in [3.8, 4) is 0 Å². The van der Waals surface area contributed by atoms with Gasteiger partial charge >= 0.3 is 0 Å². The van der Waals surface area contributed by atoms with Crippen molar-refractivity contribution in [1.82, 2.24) is 25.1 Å². The number of carbonyl (C=O) groups is 1. The van der Waals surface area contributed by atoms with Crippen molar-refractivity contribution < 1.29 is 9.90 Å². The van der Waals surface area contributed by atoms with Crippen molar-refractivity contribution in [2.45, 2.75) is 88.7 Å². The Kier molecular flexibility index (Phi) is 5.89. The molecule has 0 aromatic carbocycles. The number of aliphatic hydroxyl groups excluding tert-OH is 1. The minimum Gasteiger partial charge on any atom is -0.392 e. The number of aliphatic hydroxyl groups is 1. The molecule has 4 aliphatic rings. The second kappa shape index (κ2) is 9.17. The molecule has 1 saturated carbocycles. The van der Waals surface area contributed by atoms with Crippen LogP contribution in [0.5, 0.6) is 0 Å². The summed E-state index contributed by atoms with van der Waals surface area (Å²) in [7, 11) is 0. The van der Waals surface area contributed by atoms with E-state index in [0.29, 0.717) is 30.5 Å². The summed E-state index contributed by atoms with van der Waals surface area (Å²) in [5.41, 5.74) is 3.01. The number of nitrogens with one attached hydrogen (secondary N) is 2. The predicted octanol–water partition coefficient (Wildman–Crippen LogP) is 3.04. The van der Waals surface area contributed by atoms with Gasteiger partial charge < -0.3 is 20.2 Å². The number of anilines is 3. The molecule has 34 heavy (non-hydrogen) atoms. The maximum absolute atomic E-state index is 13.3. The number of carbonyl (C=O) groups excluding carboxylic acids is 1. The highest BCUT2D eigenvalue weighted by Gasteiger charge is 2.37. The molecule has 2 aromatic rings. The summed E-state index contributed by atoms with van der Waals surface area (Å²) in [6.45, 7) is 2.49. The number of hydrogen-bond acceptors (Lipinski definition) is 7. The Bertz CT molecular complexity index is 1040. The average molecular weight is 466 g/mol. The fourth-order valence-electron chi connectivity index (χ4n) is 6.22. The first-order valence-electron chi connectivity index (χ1n) is 13.1. The van der Waals surface area contributed by atoms with Gasteiger partial charge in [0, 0.05) is 55.7 Å². The first-order chi connectivity index (χ1) is 16.7. The van der Waals surface area contributed by atoms with E-state index in [1.807, 2.05) is 4.90 Å². The van der Waals surface area contributed by atoms with E-state index < -0.39 is 6.10 Å². The average Bonchev–Trinajstić information content (AvgIpc) is 3.65. The molecule has 3 fully saturated rings. The summed E-state index contributed by atoms with van der Waals surface area (Å²) in [6, 6.07) is 1.89. The van der Waals surface area contributed by atoms with Crippen molar-refractivity contribution in [2.75, 3.05) is 29.9 Å². The van der Waals surface area contributed by atoms with Crippen LogP contribution in [0, 0.1) is 0 Å². The van der Waals surface area contributed by atoms with Gasteiger partial charge in [-0.3, -0.25) is 9.89 Å². The minimum atomic E-state index is -0.447. The Hall–Kier alpha value is -2.68. The molecule has 2 atom stereocenters. The van der Waals surface area contributed by atoms with Gasteiger partial charge in [0.15, 0.2) is 5.82 Å². The van der Waals surface area contributed by atoms with Gasteiger partial charge in [0.25, 0.3) is 0 Å². The van der Waals surface area contributed by atoms with Crippen LogP contribution in [0.4, 0.5) is 17.6 Å². The summed E-state index contributed by atoms with van der Waals surface area (Å²) < 4.78 is 0. The third kappa shape index (κ3) is 4.15. The first kappa shape index (κ1) is 21.8.